The number of hydrogen-bond donors (Lipinski definition) is 0. The van der Waals surface area contributed by atoms with Crippen LogP contribution in [0.1, 0.15) is 16.7 Å². The van der Waals surface area contributed by atoms with Crippen molar-refractivity contribution in [1.82, 2.24) is 15.1 Å². The third kappa shape index (κ3) is 4.92. The highest BCUT2D eigenvalue weighted by Gasteiger charge is 2.15. The molecular weight excluding hydrogens is 374 g/mol. The number of methoxy groups -OCH3 is 1. The Labute approximate surface area is 168 Å². The number of benzene rings is 2. The van der Waals surface area contributed by atoms with Crippen molar-refractivity contribution in [2.75, 3.05) is 19.9 Å². The van der Waals surface area contributed by atoms with E-state index in [1.54, 1.807) is 19.1 Å². The third-order valence-electron chi connectivity index (χ3n) is 4.39. The van der Waals surface area contributed by atoms with Crippen molar-refractivity contribution >= 4 is 17.7 Å². The fourth-order valence-electron chi connectivity index (χ4n) is 2.72. The van der Waals surface area contributed by atoms with E-state index in [0.717, 1.165) is 16.9 Å². The van der Waals surface area contributed by atoms with E-state index in [2.05, 4.69) is 42.2 Å². The van der Waals surface area contributed by atoms with E-state index in [-0.39, 0.29) is 11.7 Å². The molecule has 28 heavy (non-hydrogen) atoms. The van der Waals surface area contributed by atoms with Gasteiger partial charge in [0.25, 0.3) is 5.22 Å². The van der Waals surface area contributed by atoms with Crippen molar-refractivity contribution in [2.45, 2.75) is 25.6 Å². The SMILES string of the molecule is COc1ccc(-c2nnc(SCC(=O)N(C)Cc3ccc(C)cc3C)o2)cc1. The van der Waals surface area contributed by atoms with Gasteiger partial charge in [0, 0.05) is 19.2 Å². The molecule has 0 aliphatic heterocycles. The van der Waals surface area contributed by atoms with Gasteiger partial charge in [-0.2, -0.15) is 0 Å². The van der Waals surface area contributed by atoms with E-state index in [0.29, 0.717) is 17.7 Å². The first kappa shape index (κ1) is 19.9. The van der Waals surface area contributed by atoms with Crippen molar-refractivity contribution in [3.8, 4) is 17.2 Å². The molecule has 0 atom stereocenters. The second-order valence-electron chi connectivity index (χ2n) is 6.57. The molecule has 0 aliphatic rings. The summed E-state index contributed by atoms with van der Waals surface area (Å²) < 4.78 is 10.8. The Morgan fingerprint density at radius 3 is 2.57 bits per heavy atom. The van der Waals surface area contributed by atoms with Crippen LogP contribution >= 0.6 is 11.8 Å². The highest BCUT2D eigenvalue weighted by atomic mass is 32.2. The summed E-state index contributed by atoms with van der Waals surface area (Å²) in [6.45, 7) is 4.70. The van der Waals surface area contributed by atoms with Crippen LogP contribution < -0.4 is 4.74 Å². The number of amides is 1. The van der Waals surface area contributed by atoms with Crippen molar-refractivity contribution in [1.29, 1.82) is 0 Å². The van der Waals surface area contributed by atoms with Crippen LogP contribution in [0.2, 0.25) is 0 Å². The summed E-state index contributed by atoms with van der Waals surface area (Å²) in [6, 6.07) is 13.6. The predicted molar refractivity (Wildman–Crippen MR) is 109 cm³/mol. The molecule has 0 radical (unpaired) electrons. The topological polar surface area (TPSA) is 68.5 Å². The maximum Gasteiger partial charge on any atom is 0.277 e. The zero-order valence-electron chi connectivity index (χ0n) is 16.4. The largest absolute Gasteiger partial charge is 0.497 e. The molecular formula is C21H23N3O3S. The lowest BCUT2D eigenvalue weighted by Gasteiger charge is -2.18. The second kappa shape index (κ2) is 8.93. The fraction of sp³-hybridized carbons (Fsp3) is 0.286. The molecule has 3 aromatic rings. The minimum Gasteiger partial charge on any atom is -0.497 e. The lowest BCUT2D eigenvalue weighted by Crippen LogP contribution is -2.28. The van der Waals surface area contributed by atoms with Crippen LogP contribution in [0, 0.1) is 13.8 Å². The number of nitrogens with zero attached hydrogens (tertiary/aromatic N) is 3. The quantitative estimate of drug-likeness (QED) is 0.559. The maximum absolute atomic E-state index is 12.4. The highest BCUT2D eigenvalue weighted by Crippen LogP contribution is 2.25. The first-order valence-electron chi connectivity index (χ1n) is 8.87. The van der Waals surface area contributed by atoms with Crippen LogP contribution in [-0.2, 0) is 11.3 Å². The number of carbonyl (C=O) groups excluding carboxylic acids is 1. The van der Waals surface area contributed by atoms with E-state index in [4.69, 9.17) is 9.15 Å². The van der Waals surface area contributed by atoms with E-state index in [1.807, 2.05) is 24.3 Å². The minimum atomic E-state index is 0.00849. The molecule has 0 saturated heterocycles. The molecule has 0 N–H and O–H groups in total. The Bertz CT molecular complexity index is 954. The average Bonchev–Trinajstić information content (AvgIpc) is 3.17. The summed E-state index contributed by atoms with van der Waals surface area (Å²) in [6.07, 6.45) is 0. The third-order valence-corrected chi connectivity index (χ3v) is 5.20. The monoisotopic (exact) mass is 397 g/mol. The molecule has 6 nitrogen and oxygen atoms in total. The van der Waals surface area contributed by atoms with Gasteiger partial charge in [-0.15, -0.1) is 10.2 Å². The molecule has 146 valence electrons. The first-order chi connectivity index (χ1) is 13.5. The number of aryl methyl sites for hydroxylation is 2. The first-order valence-corrected chi connectivity index (χ1v) is 9.85. The van der Waals surface area contributed by atoms with Crippen LogP contribution in [0.5, 0.6) is 5.75 Å². The summed E-state index contributed by atoms with van der Waals surface area (Å²) in [5, 5.41) is 8.44. The maximum atomic E-state index is 12.4. The molecule has 1 amide bonds. The van der Waals surface area contributed by atoms with Gasteiger partial charge in [-0.3, -0.25) is 4.79 Å². The lowest BCUT2D eigenvalue weighted by atomic mass is 10.1. The minimum absolute atomic E-state index is 0.00849. The highest BCUT2D eigenvalue weighted by molar-refractivity contribution is 7.99. The Balaban J connectivity index is 1.56. The van der Waals surface area contributed by atoms with Gasteiger partial charge in [0.15, 0.2) is 0 Å². The molecule has 1 heterocycles. The second-order valence-corrected chi connectivity index (χ2v) is 7.50. The van der Waals surface area contributed by atoms with Gasteiger partial charge >= 0.3 is 0 Å². The van der Waals surface area contributed by atoms with Gasteiger partial charge in [0.2, 0.25) is 11.8 Å². The summed E-state index contributed by atoms with van der Waals surface area (Å²) in [7, 11) is 3.42. The molecule has 1 aromatic heterocycles. The Hall–Kier alpha value is -2.80. The zero-order chi connectivity index (χ0) is 20.1. The van der Waals surface area contributed by atoms with Gasteiger partial charge in [-0.05, 0) is 49.2 Å². The summed E-state index contributed by atoms with van der Waals surface area (Å²) in [4.78, 5) is 14.2. The molecule has 3 rings (SSSR count). The Morgan fingerprint density at radius 2 is 1.89 bits per heavy atom. The van der Waals surface area contributed by atoms with E-state index >= 15 is 0 Å². The van der Waals surface area contributed by atoms with Gasteiger partial charge in [0.05, 0.1) is 12.9 Å². The van der Waals surface area contributed by atoms with Gasteiger partial charge < -0.3 is 14.1 Å². The zero-order valence-corrected chi connectivity index (χ0v) is 17.2. The molecule has 2 aromatic carbocycles. The van der Waals surface area contributed by atoms with Gasteiger partial charge in [0.1, 0.15) is 5.75 Å². The molecule has 7 heteroatoms. The predicted octanol–water partition coefficient (Wildman–Crippen LogP) is 4.11. The molecule has 0 saturated carbocycles. The summed E-state index contributed by atoms with van der Waals surface area (Å²) in [5.74, 6) is 1.43. The Kier molecular flexibility index (Phi) is 6.36. The summed E-state index contributed by atoms with van der Waals surface area (Å²) >= 11 is 1.24. The number of hydrogen-bond acceptors (Lipinski definition) is 6. The van der Waals surface area contributed by atoms with Crippen LogP contribution in [0.4, 0.5) is 0 Å². The summed E-state index contributed by atoms with van der Waals surface area (Å²) in [5.41, 5.74) is 4.35. The van der Waals surface area contributed by atoms with E-state index < -0.39 is 0 Å². The number of rotatable bonds is 7. The van der Waals surface area contributed by atoms with Crippen molar-refractivity contribution < 1.29 is 13.9 Å². The number of ether oxygens (including phenoxy) is 1. The van der Waals surface area contributed by atoms with Crippen LogP contribution in [0.25, 0.3) is 11.5 Å². The molecule has 0 unspecified atom stereocenters. The van der Waals surface area contributed by atoms with Gasteiger partial charge in [-0.25, -0.2) is 0 Å². The molecule has 0 aliphatic carbocycles. The number of thioether (sulfide) groups is 1. The van der Waals surface area contributed by atoms with Crippen molar-refractivity contribution in [2.24, 2.45) is 0 Å². The van der Waals surface area contributed by atoms with Crippen LogP contribution in [-0.4, -0.2) is 40.9 Å². The van der Waals surface area contributed by atoms with E-state index in [1.165, 1.54) is 22.9 Å². The lowest BCUT2D eigenvalue weighted by molar-refractivity contribution is -0.127. The normalized spacial score (nSPS) is 10.7. The molecule has 0 spiro atoms. The number of carbonyl (C=O) groups is 1. The van der Waals surface area contributed by atoms with Crippen LogP contribution in [0.15, 0.2) is 52.1 Å². The van der Waals surface area contributed by atoms with Crippen LogP contribution in [0.3, 0.4) is 0 Å². The Morgan fingerprint density at radius 1 is 1.14 bits per heavy atom. The average molecular weight is 398 g/mol. The standard InChI is InChI=1S/C21H23N3O3S/c1-14-5-6-17(15(2)11-14)12-24(3)19(25)13-28-21-23-22-20(27-21)16-7-9-18(26-4)10-8-16/h5-11H,12-13H2,1-4H3. The molecule has 0 bridgehead atoms. The van der Waals surface area contributed by atoms with Crippen molar-refractivity contribution in [3.05, 3.63) is 59.2 Å². The van der Waals surface area contributed by atoms with E-state index in [9.17, 15) is 4.79 Å². The fourth-order valence-corrected chi connectivity index (χ4v) is 3.42. The van der Waals surface area contributed by atoms with Crippen molar-refractivity contribution in [3.63, 3.8) is 0 Å². The number of aromatic nitrogens is 2. The molecule has 0 fully saturated rings. The van der Waals surface area contributed by atoms with Gasteiger partial charge in [-0.1, -0.05) is 35.5 Å². The smallest absolute Gasteiger partial charge is 0.277 e.